The highest BCUT2D eigenvalue weighted by atomic mass is 16.3. The van der Waals surface area contributed by atoms with Crippen LogP contribution < -0.4 is 10.6 Å². The van der Waals surface area contributed by atoms with Crippen LogP contribution in [-0.2, 0) is 4.79 Å². The number of amides is 1. The fourth-order valence-electron chi connectivity index (χ4n) is 4.69. The van der Waals surface area contributed by atoms with E-state index in [4.69, 9.17) is 0 Å². The number of carbonyl (C=O) groups excluding carboxylic acids is 1. The van der Waals surface area contributed by atoms with Gasteiger partial charge in [0.1, 0.15) is 5.75 Å². The normalized spacial score (nSPS) is 11.5. The van der Waals surface area contributed by atoms with Gasteiger partial charge in [0.15, 0.2) is 0 Å². The van der Waals surface area contributed by atoms with E-state index in [1.54, 1.807) is 31.2 Å². The number of carbonyl (C=O) groups is 1. The van der Waals surface area contributed by atoms with Crippen LogP contribution in [0.4, 0.5) is 11.4 Å². The van der Waals surface area contributed by atoms with E-state index in [2.05, 4.69) is 17.6 Å². The topological polar surface area (TPSA) is 61.4 Å². The molecule has 0 spiro atoms. The lowest BCUT2D eigenvalue weighted by molar-refractivity contribution is -0.112. The molecule has 0 bridgehead atoms. The Morgan fingerprint density at radius 1 is 0.658 bits per heavy atom. The van der Waals surface area contributed by atoms with Crippen molar-refractivity contribution in [3.05, 3.63) is 59.7 Å². The second-order valence-electron chi connectivity index (χ2n) is 10.7. The largest absolute Gasteiger partial charge is 0.508 e. The average molecular weight is 521 g/mol. The van der Waals surface area contributed by atoms with Gasteiger partial charge in [-0.1, -0.05) is 115 Å². The summed E-state index contributed by atoms with van der Waals surface area (Å²) < 4.78 is 0. The molecule has 1 amide bonds. The van der Waals surface area contributed by atoms with Gasteiger partial charge in [-0.25, -0.2) is 0 Å². The third-order valence-corrected chi connectivity index (χ3v) is 7.14. The molecule has 2 aromatic rings. The van der Waals surface area contributed by atoms with E-state index in [0.29, 0.717) is 5.57 Å². The van der Waals surface area contributed by atoms with Crippen LogP contribution in [0, 0.1) is 0 Å². The van der Waals surface area contributed by atoms with Gasteiger partial charge in [0.05, 0.1) is 0 Å². The second kappa shape index (κ2) is 20.2. The molecule has 4 nitrogen and oxygen atoms in total. The highest BCUT2D eigenvalue weighted by molar-refractivity contribution is 6.06. The minimum atomic E-state index is -0.132. The van der Waals surface area contributed by atoms with Gasteiger partial charge in [0.25, 0.3) is 5.91 Å². The Balaban J connectivity index is 1.45. The fraction of sp³-hybridized carbons (Fsp3) is 0.559. The maximum absolute atomic E-state index is 12.5. The predicted molar refractivity (Wildman–Crippen MR) is 165 cm³/mol. The van der Waals surface area contributed by atoms with E-state index in [9.17, 15) is 9.90 Å². The lowest BCUT2D eigenvalue weighted by atomic mass is 10.0. The molecule has 0 aliphatic heterocycles. The van der Waals surface area contributed by atoms with Crippen molar-refractivity contribution in [3.63, 3.8) is 0 Å². The molecule has 0 aromatic heterocycles. The van der Waals surface area contributed by atoms with E-state index >= 15 is 0 Å². The average Bonchev–Trinajstić information content (AvgIpc) is 2.92. The van der Waals surface area contributed by atoms with E-state index < -0.39 is 0 Å². The summed E-state index contributed by atoms with van der Waals surface area (Å²) in [6, 6.07) is 14.7. The zero-order chi connectivity index (χ0) is 27.3. The number of phenols is 1. The molecule has 210 valence electrons. The fourth-order valence-corrected chi connectivity index (χ4v) is 4.69. The second-order valence-corrected chi connectivity index (χ2v) is 10.7. The molecule has 0 atom stereocenters. The van der Waals surface area contributed by atoms with Crippen molar-refractivity contribution in [3.8, 4) is 5.75 Å². The first kappa shape index (κ1) is 31.5. The summed E-state index contributed by atoms with van der Waals surface area (Å²) >= 11 is 0. The summed E-state index contributed by atoms with van der Waals surface area (Å²) in [5.74, 6) is 0.0831. The minimum Gasteiger partial charge on any atom is -0.508 e. The zero-order valence-corrected chi connectivity index (χ0v) is 24.1. The van der Waals surface area contributed by atoms with Crippen molar-refractivity contribution >= 4 is 23.4 Å². The van der Waals surface area contributed by atoms with Crippen LogP contribution in [0.2, 0.25) is 0 Å². The van der Waals surface area contributed by atoms with Gasteiger partial charge in [0.2, 0.25) is 0 Å². The van der Waals surface area contributed by atoms with E-state index in [-0.39, 0.29) is 11.7 Å². The van der Waals surface area contributed by atoms with Crippen LogP contribution in [-0.4, -0.2) is 17.6 Å². The van der Waals surface area contributed by atoms with Gasteiger partial charge < -0.3 is 15.7 Å². The summed E-state index contributed by atoms with van der Waals surface area (Å²) in [6.07, 6.45) is 24.0. The van der Waals surface area contributed by atoms with Crippen molar-refractivity contribution in [1.82, 2.24) is 0 Å². The maximum atomic E-state index is 12.5. The highest BCUT2D eigenvalue weighted by Crippen LogP contribution is 2.17. The molecular formula is C34H52N2O2. The summed E-state index contributed by atoms with van der Waals surface area (Å²) in [7, 11) is 0. The lowest BCUT2D eigenvalue weighted by Crippen LogP contribution is -2.12. The Morgan fingerprint density at radius 2 is 1.11 bits per heavy atom. The van der Waals surface area contributed by atoms with Crippen LogP contribution in [0.15, 0.2) is 54.1 Å². The number of hydrogen-bond acceptors (Lipinski definition) is 3. The van der Waals surface area contributed by atoms with Crippen LogP contribution >= 0.6 is 0 Å². The molecule has 0 heterocycles. The number of anilines is 2. The van der Waals surface area contributed by atoms with Gasteiger partial charge in [-0.15, -0.1) is 0 Å². The Kier molecular flexibility index (Phi) is 16.8. The first-order valence-electron chi connectivity index (χ1n) is 15.2. The van der Waals surface area contributed by atoms with Gasteiger partial charge in [-0.2, -0.15) is 0 Å². The van der Waals surface area contributed by atoms with Crippen molar-refractivity contribution in [2.45, 2.75) is 117 Å². The number of phenolic OH excluding ortho intramolecular Hbond substituents is 1. The number of hydrogen-bond donors (Lipinski definition) is 3. The third-order valence-electron chi connectivity index (χ3n) is 7.14. The van der Waals surface area contributed by atoms with Crippen LogP contribution in [0.25, 0.3) is 6.08 Å². The Hall–Kier alpha value is -2.75. The van der Waals surface area contributed by atoms with Gasteiger partial charge >= 0.3 is 0 Å². The summed E-state index contributed by atoms with van der Waals surface area (Å²) in [5, 5.41) is 15.8. The van der Waals surface area contributed by atoms with E-state index in [1.807, 2.05) is 30.3 Å². The lowest BCUT2D eigenvalue weighted by Gasteiger charge is -2.09. The molecule has 4 heteroatoms. The van der Waals surface area contributed by atoms with Gasteiger partial charge in [-0.05, 0) is 61.4 Å². The van der Waals surface area contributed by atoms with Gasteiger partial charge in [-0.3, -0.25) is 4.79 Å². The molecule has 0 radical (unpaired) electrons. The molecule has 0 fully saturated rings. The Bertz CT molecular complexity index is 903. The molecule has 0 saturated carbocycles. The van der Waals surface area contributed by atoms with Crippen molar-refractivity contribution in [1.29, 1.82) is 0 Å². The molecule has 3 N–H and O–H groups in total. The Morgan fingerprint density at radius 3 is 1.61 bits per heavy atom. The SMILES string of the molecule is CCCCCCCCCCCCCCCCCCNc1ccc(NC(=O)C(C)=Cc2ccc(O)cc2)cc1. The maximum Gasteiger partial charge on any atom is 0.251 e. The molecule has 0 aliphatic rings. The zero-order valence-electron chi connectivity index (χ0n) is 24.1. The van der Waals surface area contributed by atoms with Crippen molar-refractivity contribution < 1.29 is 9.90 Å². The number of aromatic hydroxyl groups is 1. The highest BCUT2D eigenvalue weighted by Gasteiger charge is 2.05. The molecule has 0 saturated heterocycles. The Labute approximate surface area is 232 Å². The van der Waals surface area contributed by atoms with E-state index in [0.717, 1.165) is 23.5 Å². The monoisotopic (exact) mass is 520 g/mol. The van der Waals surface area contributed by atoms with Crippen molar-refractivity contribution in [2.24, 2.45) is 0 Å². The minimum absolute atomic E-state index is 0.132. The van der Waals surface area contributed by atoms with Crippen LogP contribution in [0.1, 0.15) is 122 Å². The first-order chi connectivity index (χ1) is 18.6. The number of nitrogens with one attached hydrogen (secondary N) is 2. The quantitative estimate of drug-likeness (QED) is 0.113. The first-order valence-corrected chi connectivity index (χ1v) is 15.2. The third kappa shape index (κ3) is 14.9. The summed E-state index contributed by atoms with van der Waals surface area (Å²) in [5.41, 5.74) is 3.35. The molecule has 2 aromatic carbocycles. The molecule has 38 heavy (non-hydrogen) atoms. The molecule has 0 aliphatic carbocycles. The standard InChI is InChI=1S/C34H52N2O2/c1-3-4-5-6-7-8-9-10-11-12-13-14-15-16-17-18-27-35-31-21-23-32(24-22-31)36-34(38)29(2)28-30-19-25-33(37)26-20-30/h19-26,28,35,37H,3-18,27H2,1-2H3,(H,36,38). The van der Waals surface area contributed by atoms with Crippen LogP contribution in [0.5, 0.6) is 5.75 Å². The van der Waals surface area contributed by atoms with Gasteiger partial charge in [0, 0.05) is 23.5 Å². The number of unbranched alkanes of at least 4 members (excludes halogenated alkanes) is 15. The summed E-state index contributed by atoms with van der Waals surface area (Å²) in [6.45, 7) is 5.06. The smallest absolute Gasteiger partial charge is 0.251 e. The molecule has 2 rings (SSSR count). The molecular weight excluding hydrogens is 468 g/mol. The molecule has 0 unspecified atom stereocenters. The summed E-state index contributed by atoms with van der Waals surface area (Å²) in [4.78, 5) is 12.5. The van der Waals surface area contributed by atoms with Crippen molar-refractivity contribution in [2.75, 3.05) is 17.2 Å². The van der Waals surface area contributed by atoms with Crippen LogP contribution in [0.3, 0.4) is 0 Å². The number of benzene rings is 2. The number of rotatable bonds is 21. The van der Waals surface area contributed by atoms with E-state index in [1.165, 1.54) is 103 Å². The predicted octanol–water partition coefficient (Wildman–Crippen LogP) is 10.1.